The molecule has 3 rings (SSSR count). The van der Waals surface area contributed by atoms with Crippen LogP contribution in [0.3, 0.4) is 0 Å². The predicted molar refractivity (Wildman–Crippen MR) is 66.9 cm³/mol. The number of carbonyl (C=O) groups excluding carboxylic acids is 1. The molecule has 0 aromatic rings. The molecule has 0 aromatic carbocycles. The summed E-state index contributed by atoms with van der Waals surface area (Å²) in [5, 5.41) is 10.3. The average molecular weight is 253 g/mol. The van der Waals surface area contributed by atoms with Gasteiger partial charge in [-0.15, -0.1) is 0 Å². The molecule has 2 saturated heterocycles. The molecule has 18 heavy (non-hydrogen) atoms. The van der Waals surface area contributed by atoms with Gasteiger partial charge in [0, 0.05) is 0 Å². The maximum atomic E-state index is 12.5. The van der Waals surface area contributed by atoms with Crippen LogP contribution in [0.15, 0.2) is 0 Å². The Balaban J connectivity index is 1.62. The zero-order valence-corrected chi connectivity index (χ0v) is 11.4. The Morgan fingerprint density at radius 1 is 1.22 bits per heavy atom. The fraction of sp³-hybridized carbons (Fsp3) is 0.929. The minimum Gasteiger partial charge on any atom is -0.386 e. The first-order valence-electron chi connectivity index (χ1n) is 7.09. The Morgan fingerprint density at radius 3 is 2.28 bits per heavy atom. The summed E-state index contributed by atoms with van der Waals surface area (Å²) >= 11 is 0. The highest BCUT2D eigenvalue weighted by molar-refractivity contribution is 5.81. The van der Waals surface area contributed by atoms with E-state index in [0.29, 0.717) is 19.0 Å². The van der Waals surface area contributed by atoms with Crippen molar-refractivity contribution in [3.05, 3.63) is 0 Å². The van der Waals surface area contributed by atoms with E-state index >= 15 is 0 Å². The summed E-state index contributed by atoms with van der Waals surface area (Å²) in [6.45, 7) is 7.16. The van der Waals surface area contributed by atoms with Crippen molar-refractivity contribution < 1.29 is 14.6 Å². The molecule has 1 saturated carbocycles. The number of aliphatic hydroxyl groups is 1. The lowest BCUT2D eigenvalue weighted by Gasteiger charge is -2.48. The molecule has 4 unspecified atom stereocenters. The summed E-state index contributed by atoms with van der Waals surface area (Å²) in [4.78, 5) is 14.3. The summed E-state index contributed by atoms with van der Waals surface area (Å²) < 4.78 is 5.73. The smallest absolute Gasteiger partial charge is 0.228 e. The number of ether oxygens (including phenoxy) is 1. The first kappa shape index (κ1) is 12.4. The first-order chi connectivity index (χ1) is 8.42. The monoisotopic (exact) mass is 253 g/mol. The quantitative estimate of drug-likeness (QED) is 0.799. The van der Waals surface area contributed by atoms with Crippen molar-refractivity contribution in [2.45, 2.75) is 51.4 Å². The van der Waals surface area contributed by atoms with Gasteiger partial charge in [-0.25, -0.2) is 0 Å². The molecular weight excluding hydrogens is 230 g/mol. The third-order valence-corrected chi connectivity index (χ3v) is 5.11. The van der Waals surface area contributed by atoms with E-state index in [2.05, 4.69) is 6.92 Å². The van der Waals surface area contributed by atoms with Gasteiger partial charge in [0.25, 0.3) is 0 Å². The Labute approximate surface area is 108 Å². The van der Waals surface area contributed by atoms with Crippen molar-refractivity contribution in [1.29, 1.82) is 0 Å². The van der Waals surface area contributed by atoms with Crippen LogP contribution < -0.4 is 0 Å². The maximum Gasteiger partial charge on any atom is 0.228 e. The Morgan fingerprint density at radius 2 is 1.83 bits per heavy atom. The van der Waals surface area contributed by atoms with E-state index < -0.39 is 5.60 Å². The van der Waals surface area contributed by atoms with E-state index in [1.54, 1.807) is 0 Å². The fourth-order valence-electron chi connectivity index (χ4n) is 3.55. The molecular formula is C14H23NO3. The Kier molecular flexibility index (Phi) is 2.72. The molecule has 102 valence electrons. The van der Waals surface area contributed by atoms with Gasteiger partial charge >= 0.3 is 0 Å². The van der Waals surface area contributed by atoms with Gasteiger partial charge in [0.15, 0.2) is 0 Å². The number of hydrogen-bond acceptors (Lipinski definition) is 3. The van der Waals surface area contributed by atoms with Gasteiger partial charge in [-0.3, -0.25) is 4.79 Å². The van der Waals surface area contributed by atoms with Crippen LogP contribution in [0.2, 0.25) is 0 Å². The van der Waals surface area contributed by atoms with Crippen LogP contribution in [0, 0.1) is 17.8 Å². The van der Waals surface area contributed by atoms with E-state index in [0.717, 1.165) is 12.8 Å². The van der Waals surface area contributed by atoms with Gasteiger partial charge in [0.2, 0.25) is 5.91 Å². The number of β-amino-alcohol motifs (C(OH)–C–C–N with tert-alkyl or cyclic N) is 1. The number of carbonyl (C=O) groups is 1. The highest BCUT2D eigenvalue weighted by atomic mass is 16.5. The van der Waals surface area contributed by atoms with Crippen molar-refractivity contribution in [3.8, 4) is 0 Å². The Hall–Kier alpha value is -0.610. The van der Waals surface area contributed by atoms with Crippen LogP contribution in [0.5, 0.6) is 0 Å². The van der Waals surface area contributed by atoms with Crippen molar-refractivity contribution >= 4 is 5.91 Å². The normalized spacial score (nSPS) is 42.8. The first-order valence-corrected chi connectivity index (χ1v) is 7.09. The minimum absolute atomic E-state index is 0.00267. The second-order valence-corrected chi connectivity index (χ2v) is 6.50. The summed E-state index contributed by atoms with van der Waals surface area (Å²) in [6, 6.07) is 0. The van der Waals surface area contributed by atoms with Gasteiger partial charge < -0.3 is 14.7 Å². The zero-order chi connectivity index (χ0) is 13.1. The molecule has 1 N–H and O–H groups in total. The topological polar surface area (TPSA) is 49.8 Å². The molecule has 4 heteroatoms. The third kappa shape index (κ3) is 1.77. The molecule has 1 aliphatic carbocycles. The van der Waals surface area contributed by atoms with Crippen LogP contribution in [0.4, 0.5) is 0 Å². The summed E-state index contributed by atoms with van der Waals surface area (Å²) in [5.74, 6) is 0.839. The second-order valence-electron chi connectivity index (χ2n) is 6.50. The van der Waals surface area contributed by atoms with E-state index in [1.165, 1.54) is 0 Å². The number of nitrogens with zero attached hydrogens (tertiary/aromatic N) is 1. The lowest BCUT2D eigenvalue weighted by atomic mass is 9.83. The van der Waals surface area contributed by atoms with Gasteiger partial charge in [-0.1, -0.05) is 6.92 Å². The molecule has 0 aromatic heterocycles. The highest BCUT2D eigenvalue weighted by Gasteiger charge is 2.55. The molecule has 0 spiro atoms. The zero-order valence-electron chi connectivity index (χ0n) is 11.4. The molecule has 0 bridgehead atoms. The van der Waals surface area contributed by atoms with Gasteiger partial charge in [0.05, 0.1) is 31.2 Å². The molecule has 4 nitrogen and oxygen atoms in total. The van der Waals surface area contributed by atoms with Crippen LogP contribution in [0.1, 0.15) is 33.6 Å². The van der Waals surface area contributed by atoms with E-state index in [-0.39, 0.29) is 30.0 Å². The van der Waals surface area contributed by atoms with Crippen LogP contribution in [0.25, 0.3) is 0 Å². The lowest BCUT2D eigenvalue weighted by Crippen LogP contribution is -2.66. The van der Waals surface area contributed by atoms with E-state index in [9.17, 15) is 9.90 Å². The van der Waals surface area contributed by atoms with Gasteiger partial charge in [0.1, 0.15) is 5.60 Å². The number of rotatable bonds is 2. The SMILES string of the molecule is CC1OC(C)C(C(=O)N2CC(O)(C3CC3)C2)C1C. The average Bonchev–Trinajstić information content (AvgIpc) is 3.04. The molecule has 2 aliphatic heterocycles. The number of likely N-dealkylation sites (tertiary alicyclic amines) is 1. The van der Waals surface area contributed by atoms with Crippen LogP contribution >= 0.6 is 0 Å². The van der Waals surface area contributed by atoms with Crippen LogP contribution in [-0.2, 0) is 9.53 Å². The summed E-state index contributed by atoms with van der Waals surface area (Å²) in [7, 11) is 0. The van der Waals surface area contributed by atoms with E-state index in [1.807, 2.05) is 18.7 Å². The number of hydrogen-bond donors (Lipinski definition) is 1. The van der Waals surface area contributed by atoms with Crippen molar-refractivity contribution in [2.75, 3.05) is 13.1 Å². The summed E-state index contributed by atoms with van der Waals surface area (Å²) in [6.07, 6.45) is 2.39. The Bertz CT molecular complexity index is 360. The predicted octanol–water partition coefficient (Wildman–Crippen LogP) is 1.03. The molecule has 3 aliphatic rings. The highest BCUT2D eigenvalue weighted by Crippen LogP contribution is 2.45. The van der Waals surface area contributed by atoms with E-state index in [4.69, 9.17) is 4.74 Å². The van der Waals surface area contributed by atoms with Gasteiger partial charge in [-0.05, 0) is 38.5 Å². The largest absolute Gasteiger partial charge is 0.386 e. The van der Waals surface area contributed by atoms with Crippen molar-refractivity contribution in [3.63, 3.8) is 0 Å². The third-order valence-electron chi connectivity index (χ3n) is 5.11. The molecule has 4 atom stereocenters. The lowest BCUT2D eigenvalue weighted by molar-refractivity contribution is -0.165. The second kappa shape index (κ2) is 3.94. The van der Waals surface area contributed by atoms with Crippen molar-refractivity contribution in [2.24, 2.45) is 17.8 Å². The van der Waals surface area contributed by atoms with Crippen LogP contribution in [-0.4, -0.2) is 46.8 Å². The maximum absolute atomic E-state index is 12.5. The molecule has 1 amide bonds. The molecule has 3 fully saturated rings. The van der Waals surface area contributed by atoms with Crippen molar-refractivity contribution in [1.82, 2.24) is 4.90 Å². The fourth-order valence-corrected chi connectivity index (χ4v) is 3.55. The minimum atomic E-state index is -0.576. The molecule has 0 radical (unpaired) electrons. The van der Waals surface area contributed by atoms with Gasteiger partial charge in [-0.2, -0.15) is 0 Å². The summed E-state index contributed by atoms with van der Waals surface area (Å²) in [5.41, 5.74) is -0.576. The standard InChI is InChI=1S/C14H23NO3/c1-8-9(2)18-10(3)12(8)13(16)15-6-14(17,7-15)11-4-5-11/h8-12,17H,4-7H2,1-3H3. The molecule has 2 heterocycles. The number of amides is 1.